The van der Waals surface area contributed by atoms with Crippen LogP contribution in [0.4, 0.5) is 0 Å². The van der Waals surface area contributed by atoms with E-state index in [0.717, 1.165) is 11.1 Å². The molecule has 0 spiro atoms. The van der Waals surface area contributed by atoms with Crippen molar-refractivity contribution in [3.63, 3.8) is 0 Å². The Morgan fingerprint density at radius 1 is 1.26 bits per heavy atom. The summed E-state index contributed by atoms with van der Waals surface area (Å²) in [6, 6.07) is 5.40. The highest BCUT2D eigenvalue weighted by atomic mass is 16.5. The molecule has 0 aliphatic carbocycles. The molecular formula is C13H13N5O. The maximum absolute atomic E-state index is 6.27. The number of ether oxygens (including phenoxy) is 1. The molecule has 0 fully saturated rings. The number of fused-ring (bicyclic) bond motifs is 1. The molecule has 0 aliphatic heterocycles. The molecule has 0 bridgehead atoms. The average Bonchev–Trinajstić information content (AvgIpc) is 2.90. The molecule has 0 aromatic carbocycles. The normalized spacial score (nSPS) is 12.5. The van der Waals surface area contributed by atoms with Crippen LogP contribution in [0.25, 0.3) is 5.52 Å². The second kappa shape index (κ2) is 4.66. The minimum absolute atomic E-state index is 0.427. The van der Waals surface area contributed by atoms with Gasteiger partial charge in [0.15, 0.2) is 0 Å². The van der Waals surface area contributed by atoms with E-state index in [1.807, 2.05) is 24.4 Å². The van der Waals surface area contributed by atoms with Gasteiger partial charge in [0.05, 0.1) is 24.9 Å². The van der Waals surface area contributed by atoms with Crippen LogP contribution in [0.15, 0.2) is 43.0 Å². The van der Waals surface area contributed by atoms with Gasteiger partial charge in [-0.05, 0) is 12.1 Å². The van der Waals surface area contributed by atoms with Gasteiger partial charge in [-0.3, -0.25) is 4.98 Å². The van der Waals surface area contributed by atoms with Gasteiger partial charge in [0, 0.05) is 24.2 Å². The van der Waals surface area contributed by atoms with Gasteiger partial charge in [-0.25, -0.2) is 9.50 Å². The second-order valence-corrected chi connectivity index (χ2v) is 4.06. The standard InChI is InChI=1S/C13H13N5O/c1-19-13-12(15-5-6-16-13)11(14)9-8-17-18-7-3-2-4-10(9)18/h2-8,11H,14H2,1H3. The zero-order valence-corrected chi connectivity index (χ0v) is 10.4. The molecule has 3 aromatic heterocycles. The van der Waals surface area contributed by atoms with Crippen LogP contribution >= 0.6 is 0 Å². The van der Waals surface area contributed by atoms with E-state index in [0.29, 0.717) is 11.6 Å². The largest absolute Gasteiger partial charge is 0.480 e. The van der Waals surface area contributed by atoms with Crippen LogP contribution in [-0.4, -0.2) is 26.7 Å². The Kier molecular flexibility index (Phi) is 2.85. The summed E-state index contributed by atoms with van der Waals surface area (Å²) in [7, 11) is 1.55. The SMILES string of the molecule is COc1nccnc1C(N)c1cnn2ccccc12. The third-order valence-corrected chi connectivity index (χ3v) is 2.97. The molecular weight excluding hydrogens is 242 g/mol. The summed E-state index contributed by atoms with van der Waals surface area (Å²) in [5, 5.41) is 4.27. The minimum atomic E-state index is -0.427. The van der Waals surface area contributed by atoms with Crippen LogP contribution in [0.3, 0.4) is 0 Å². The molecule has 1 atom stereocenters. The van der Waals surface area contributed by atoms with E-state index >= 15 is 0 Å². The van der Waals surface area contributed by atoms with Gasteiger partial charge in [-0.2, -0.15) is 5.10 Å². The number of methoxy groups -OCH3 is 1. The van der Waals surface area contributed by atoms with Gasteiger partial charge >= 0.3 is 0 Å². The lowest BCUT2D eigenvalue weighted by molar-refractivity contribution is 0.387. The zero-order chi connectivity index (χ0) is 13.2. The maximum atomic E-state index is 6.27. The van der Waals surface area contributed by atoms with Crippen LogP contribution in [-0.2, 0) is 0 Å². The summed E-state index contributed by atoms with van der Waals surface area (Å²) < 4.78 is 6.97. The van der Waals surface area contributed by atoms with Crippen molar-refractivity contribution in [1.82, 2.24) is 19.6 Å². The lowest BCUT2D eigenvalue weighted by Gasteiger charge is -2.12. The first-order valence-corrected chi connectivity index (χ1v) is 5.84. The zero-order valence-electron chi connectivity index (χ0n) is 10.4. The molecule has 2 N–H and O–H groups in total. The summed E-state index contributed by atoms with van der Waals surface area (Å²) in [6.07, 6.45) is 6.79. The van der Waals surface area contributed by atoms with Gasteiger partial charge in [0.1, 0.15) is 5.69 Å². The number of hydrogen-bond donors (Lipinski definition) is 1. The van der Waals surface area contributed by atoms with Crippen LogP contribution in [0.1, 0.15) is 17.3 Å². The number of aromatic nitrogens is 4. The monoisotopic (exact) mass is 255 g/mol. The molecule has 6 heteroatoms. The molecule has 0 saturated heterocycles. The van der Waals surface area contributed by atoms with Crippen molar-refractivity contribution in [2.45, 2.75) is 6.04 Å². The Morgan fingerprint density at radius 2 is 2.11 bits per heavy atom. The fraction of sp³-hybridized carbons (Fsp3) is 0.154. The Balaban J connectivity index is 2.11. The summed E-state index contributed by atoms with van der Waals surface area (Å²) in [4.78, 5) is 8.38. The van der Waals surface area contributed by atoms with Crippen molar-refractivity contribution in [2.75, 3.05) is 7.11 Å². The summed E-state index contributed by atoms with van der Waals surface area (Å²) >= 11 is 0. The Morgan fingerprint density at radius 3 is 2.95 bits per heavy atom. The summed E-state index contributed by atoms with van der Waals surface area (Å²) in [5.41, 5.74) is 8.70. The van der Waals surface area contributed by atoms with Crippen molar-refractivity contribution in [2.24, 2.45) is 5.73 Å². The van der Waals surface area contributed by atoms with E-state index in [4.69, 9.17) is 10.5 Å². The van der Waals surface area contributed by atoms with Crippen LogP contribution in [0.2, 0.25) is 0 Å². The highest BCUT2D eigenvalue weighted by Crippen LogP contribution is 2.26. The molecule has 0 aliphatic rings. The summed E-state index contributed by atoms with van der Waals surface area (Å²) in [5.74, 6) is 0.435. The van der Waals surface area contributed by atoms with E-state index in [1.54, 1.807) is 30.2 Å². The second-order valence-electron chi connectivity index (χ2n) is 4.06. The lowest BCUT2D eigenvalue weighted by Crippen LogP contribution is -2.15. The van der Waals surface area contributed by atoms with E-state index in [-0.39, 0.29) is 0 Å². The topological polar surface area (TPSA) is 78.3 Å². The van der Waals surface area contributed by atoms with Crippen LogP contribution in [0, 0.1) is 0 Å². The predicted octanol–water partition coefficient (Wildman–Crippen LogP) is 1.18. The average molecular weight is 255 g/mol. The van der Waals surface area contributed by atoms with E-state index < -0.39 is 6.04 Å². The molecule has 0 radical (unpaired) electrons. The van der Waals surface area contributed by atoms with Crippen LogP contribution in [0.5, 0.6) is 5.88 Å². The maximum Gasteiger partial charge on any atom is 0.237 e. The quantitative estimate of drug-likeness (QED) is 0.760. The van der Waals surface area contributed by atoms with E-state index in [2.05, 4.69) is 15.1 Å². The van der Waals surface area contributed by atoms with Crippen molar-refractivity contribution in [3.8, 4) is 5.88 Å². The van der Waals surface area contributed by atoms with E-state index in [9.17, 15) is 0 Å². The Hall–Kier alpha value is -2.47. The fourth-order valence-electron chi connectivity index (χ4n) is 2.05. The third-order valence-electron chi connectivity index (χ3n) is 2.97. The molecule has 0 amide bonds. The minimum Gasteiger partial charge on any atom is -0.480 e. The number of nitrogens with two attached hydrogens (primary N) is 1. The van der Waals surface area contributed by atoms with Crippen molar-refractivity contribution in [3.05, 3.63) is 54.2 Å². The van der Waals surface area contributed by atoms with Gasteiger partial charge in [-0.1, -0.05) is 6.07 Å². The fourth-order valence-corrected chi connectivity index (χ4v) is 2.05. The first-order valence-electron chi connectivity index (χ1n) is 5.84. The highest BCUT2D eigenvalue weighted by molar-refractivity contribution is 5.56. The number of pyridine rings is 1. The van der Waals surface area contributed by atoms with Crippen molar-refractivity contribution in [1.29, 1.82) is 0 Å². The molecule has 0 saturated carbocycles. The molecule has 3 rings (SSSR count). The molecule has 1 unspecified atom stereocenters. The first kappa shape index (κ1) is 11.6. The smallest absolute Gasteiger partial charge is 0.237 e. The van der Waals surface area contributed by atoms with E-state index in [1.165, 1.54) is 0 Å². The molecule has 19 heavy (non-hydrogen) atoms. The predicted molar refractivity (Wildman–Crippen MR) is 69.8 cm³/mol. The van der Waals surface area contributed by atoms with Crippen molar-refractivity contribution >= 4 is 5.52 Å². The first-order chi connectivity index (χ1) is 9.31. The van der Waals surface area contributed by atoms with Gasteiger partial charge in [0.2, 0.25) is 5.88 Å². The number of hydrogen-bond acceptors (Lipinski definition) is 5. The summed E-state index contributed by atoms with van der Waals surface area (Å²) in [6.45, 7) is 0. The van der Waals surface area contributed by atoms with Crippen LogP contribution < -0.4 is 10.5 Å². The highest BCUT2D eigenvalue weighted by Gasteiger charge is 2.19. The molecule has 96 valence electrons. The lowest BCUT2D eigenvalue weighted by atomic mass is 10.1. The molecule has 3 aromatic rings. The number of nitrogens with zero attached hydrogens (tertiary/aromatic N) is 4. The molecule has 3 heterocycles. The van der Waals surface area contributed by atoms with Gasteiger partial charge < -0.3 is 10.5 Å². The van der Waals surface area contributed by atoms with Crippen molar-refractivity contribution < 1.29 is 4.74 Å². The number of rotatable bonds is 3. The third kappa shape index (κ3) is 1.92. The van der Waals surface area contributed by atoms with Gasteiger partial charge in [-0.15, -0.1) is 0 Å². The Labute approximate surface area is 109 Å². The molecule has 6 nitrogen and oxygen atoms in total. The Bertz CT molecular complexity index is 709. The van der Waals surface area contributed by atoms with Gasteiger partial charge in [0.25, 0.3) is 0 Å².